The number of pyridine rings is 1. The number of nitrogens with one attached hydrogen (secondary N) is 2. The van der Waals surface area contributed by atoms with Gasteiger partial charge in [-0.3, -0.25) is 5.10 Å². The molecule has 5 heteroatoms. The molecule has 2 aromatic heterocycles. The zero-order valence-electron chi connectivity index (χ0n) is 15.2. The van der Waals surface area contributed by atoms with Crippen LogP contribution in [0.2, 0.25) is 0 Å². The van der Waals surface area contributed by atoms with Crippen molar-refractivity contribution in [3.05, 3.63) is 55.1 Å². The average molecular weight is 347 g/mol. The zero-order valence-corrected chi connectivity index (χ0v) is 15.2. The van der Waals surface area contributed by atoms with E-state index in [1.165, 1.54) is 19.4 Å². The van der Waals surface area contributed by atoms with E-state index < -0.39 is 0 Å². The van der Waals surface area contributed by atoms with Gasteiger partial charge in [0.25, 0.3) is 0 Å². The highest BCUT2D eigenvalue weighted by atomic mass is 15.1. The van der Waals surface area contributed by atoms with Crippen LogP contribution >= 0.6 is 0 Å². The molecule has 3 aromatic rings. The number of allylic oxidation sites excluding steroid dienone is 1. The second-order valence-corrected chi connectivity index (χ2v) is 7.32. The number of fused-ring (bicyclic) bond motifs is 1. The molecule has 2 N–H and O–H groups in total. The van der Waals surface area contributed by atoms with Gasteiger partial charge in [-0.1, -0.05) is 18.7 Å². The number of hydrogen-bond acceptors (Lipinski definition) is 4. The Hall–Kier alpha value is -2.66. The van der Waals surface area contributed by atoms with Gasteiger partial charge >= 0.3 is 0 Å². The first-order valence-electron chi connectivity index (χ1n) is 9.20. The Morgan fingerprint density at radius 1 is 1.27 bits per heavy atom. The van der Waals surface area contributed by atoms with Crippen molar-refractivity contribution < 1.29 is 0 Å². The molecule has 0 spiro atoms. The van der Waals surface area contributed by atoms with Crippen LogP contribution in [0.3, 0.4) is 0 Å². The lowest BCUT2D eigenvalue weighted by Gasteiger charge is -2.30. The second kappa shape index (κ2) is 7.30. The Morgan fingerprint density at radius 3 is 3.00 bits per heavy atom. The minimum atomic E-state index is 0.682. The number of likely N-dealkylation sites (tertiary alicyclic amines) is 1. The average Bonchev–Trinajstić information content (AvgIpc) is 3.15. The van der Waals surface area contributed by atoms with Crippen LogP contribution in [-0.4, -0.2) is 40.2 Å². The molecule has 1 saturated heterocycles. The molecule has 1 aromatic carbocycles. The van der Waals surface area contributed by atoms with Crippen LogP contribution in [0.5, 0.6) is 0 Å². The summed E-state index contributed by atoms with van der Waals surface area (Å²) in [5.41, 5.74) is 3.28. The molecule has 1 atom stereocenters. The number of aromatic amines is 1. The molecule has 0 radical (unpaired) electrons. The summed E-state index contributed by atoms with van der Waals surface area (Å²) < 4.78 is 0. The quantitative estimate of drug-likeness (QED) is 0.723. The first kappa shape index (κ1) is 16.8. The lowest BCUT2D eigenvalue weighted by molar-refractivity contribution is 0.209. The van der Waals surface area contributed by atoms with Crippen molar-refractivity contribution in [2.24, 2.45) is 5.92 Å². The molecule has 0 saturated carbocycles. The van der Waals surface area contributed by atoms with Gasteiger partial charge < -0.3 is 10.2 Å². The van der Waals surface area contributed by atoms with Gasteiger partial charge in [-0.25, -0.2) is 4.98 Å². The van der Waals surface area contributed by atoms with E-state index in [-0.39, 0.29) is 0 Å². The molecule has 5 nitrogen and oxygen atoms in total. The van der Waals surface area contributed by atoms with Crippen LogP contribution in [0.1, 0.15) is 19.3 Å². The van der Waals surface area contributed by atoms with E-state index in [1.54, 1.807) is 0 Å². The molecule has 3 heterocycles. The maximum atomic E-state index is 4.55. The second-order valence-electron chi connectivity index (χ2n) is 7.32. The standard InChI is InChI=1S/C21H25N5/c1-15(8-16-4-3-7-26(2)14-16)25-21-10-19-9-17(20-12-23-24-13-20)5-6-18(19)11-22-21/h5-6,9-13,16H,1,3-4,7-8,14H2,2H3,(H,22,25)(H,23,24). The van der Waals surface area contributed by atoms with Crippen molar-refractivity contribution >= 4 is 16.6 Å². The van der Waals surface area contributed by atoms with E-state index in [1.807, 2.05) is 18.6 Å². The summed E-state index contributed by atoms with van der Waals surface area (Å²) in [5.74, 6) is 1.54. The van der Waals surface area contributed by atoms with Crippen molar-refractivity contribution in [3.8, 4) is 11.1 Å². The van der Waals surface area contributed by atoms with Crippen molar-refractivity contribution in [1.29, 1.82) is 0 Å². The first-order chi connectivity index (χ1) is 12.7. The minimum Gasteiger partial charge on any atom is -0.344 e. The fourth-order valence-electron chi connectivity index (χ4n) is 3.82. The predicted octanol–water partition coefficient (Wildman–Crippen LogP) is 4.28. The van der Waals surface area contributed by atoms with E-state index in [9.17, 15) is 0 Å². The molecule has 26 heavy (non-hydrogen) atoms. The number of anilines is 1. The Labute approximate surface area is 154 Å². The lowest BCUT2D eigenvalue weighted by atomic mass is 9.94. The van der Waals surface area contributed by atoms with Gasteiger partial charge in [0.15, 0.2) is 0 Å². The number of benzene rings is 1. The molecule has 0 aliphatic carbocycles. The minimum absolute atomic E-state index is 0.682. The summed E-state index contributed by atoms with van der Waals surface area (Å²) in [6.07, 6.45) is 9.22. The fourth-order valence-corrected chi connectivity index (χ4v) is 3.82. The summed E-state index contributed by atoms with van der Waals surface area (Å²) in [6.45, 7) is 6.59. The molecular formula is C21H25N5. The largest absolute Gasteiger partial charge is 0.344 e. The Morgan fingerprint density at radius 2 is 2.19 bits per heavy atom. The Balaban J connectivity index is 1.48. The molecule has 0 bridgehead atoms. The summed E-state index contributed by atoms with van der Waals surface area (Å²) in [7, 11) is 2.20. The highest BCUT2D eigenvalue weighted by Crippen LogP contribution is 2.26. The molecule has 1 aliphatic rings. The van der Waals surface area contributed by atoms with Gasteiger partial charge in [-0.15, -0.1) is 0 Å². The SMILES string of the molecule is C=C(CC1CCCN(C)C1)Nc1cc2cc(-c3cn[nH]c3)ccc2cn1. The van der Waals surface area contributed by atoms with Crippen molar-refractivity contribution in [3.63, 3.8) is 0 Å². The fraction of sp³-hybridized carbons (Fsp3) is 0.333. The zero-order chi connectivity index (χ0) is 17.9. The van der Waals surface area contributed by atoms with Gasteiger partial charge in [0, 0.05) is 35.6 Å². The third-order valence-corrected chi connectivity index (χ3v) is 5.12. The van der Waals surface area contributed by atoms with Gasteiger partial charge in [0.05, 0.1) is 6.20 Å². The maximum absolute atomic E-state index is 4.55. The van der Waals surface area contributed by atoms with Crippen LogP contribution in [0.15, 0.2) is 55.1 Å². The summed E-state index contributed by atoms with van der Waals surface area (Å²) >= 11 is 0. The van der Waals surface area contributed by atoms with Gasteiger partial charge in [-0.2, -0.15) is 5.10 Å². The number of H-pyrrole nitrogens is 1. The van der Waals surface area contributed by atoms with Crippen LogP contribution in [0, 0.1) is 5.92 Å². The van der Waals surface area contributed by atoms with Crippen molar-refractivity contribution in [2.45, 2.75) is 19.3 Å². The Kier molecular flexibility index (Phi) is 4.71. The number of aromatic nitrogens is 3. The van der Waals surface area contributed by atoms with Crippen LogP contribution in [-0.2, 0) is 0 Å². The van der Waals surface area contributed by atoms with E-state index in [0.717, 1.165) is 46.4 Å². The third kappa shape index (κ3) is 3.78. The Bertz CT molecular complexity index is 900. The number of hydrogen-bond donors (Lipinski definition) is 2. The first-order valence-corrected chi connectivity index (χ1v) is 9.20. The molecule has 0 amide bonds. The number of rotatable bonds is 5. The van der Waals surface area contributed by atoms with E-state index in [4.69, 9.17) is 0 Å². The highest BCUT2D eigenvalue weighted by Gasteiger charge is 2.18. The molecular weight excluding hydrogens is 322 g/mol. The molecule has 4 rings (SSSR count). The predicted molar refractivity (Wildman–Crippen MR) is 107 cm³/mol. The van der Waals surface area contributed by atoms with Gasteiger partial charge in [0.1, 0.15) is 5.82 Å². The molecule has 1 aliphatic heterocycles. The molecule has 1 fully saturated rings. The van der Waals surface area contributed by atoms with Crippen LogP contribution in [0.25, 0.3) is 21.9 Å². The van der Waals surface area contributed by atoms with E-state index in [2.05, 4.69) is 63.3 Å². The monoisotopic (exact) mass is 347 g/mol. The molecule has 134 valence electrons. The van der Waals surface area contributed by atoms with E-state index in [0.29, 0.717) is 5.92 Å². The van der Waals surface area contributed by atoms with Crippen LogP contribution in [0.4, 0.5) is 5.82 Å². The van der Waals surface area contributed by atoms with Crippen LogP contribution < -0.4 is 5.32 Å². The lowest BCUT2D eigenvalue weighted by Crippen LogP contribution is -2.32. The third-order valence-electron chi connectivity index (χ3n) is 5.12. The topological polar surface area (TPSA) is 56.8 Å². The van der Waals surface area contributed by atoms with Gasteiger partial charge in [-0.05, 0) is 61.9 Å². The normalized spacial score (nSPS) is 18.1. The number of nitrogens with zero attached hydrogens (tertiary/aromatic N) is 3. The highest BCUT2D eigenvalue weighted by molar-refractivity contribution is 5.88. The molecule has 1 unspecified atom stereocenters. The van der Waals surface area contributed by atoms with Crippen molar-refractivity contribution in [2.75, 3.05) is 25.5 Å². The summed E-state index contributed by atoms with van der Waals surface area (Å²) in [6, 6.07) is 8.46. The summed E-state index contributed by atoms with van der Waals surface area (Å²) in [4.78, 5) is 6.96. The van der Waals surface area contributed by atoms with Gasteiger partial charge in [0.2, 0.25) is 0 Å². The summed E-state index contributed by atoms with van der Waals surface area (Å²) in [5, 5.41) is 12.6. The van der Waals surface area contributed by atoms with Crippen molar-refractivity contribution in [1.82, 2.24) is 20.1 Å². The number of piperidine rings is 1. The maximum Gasteiger partial charge on any atom is 0.130 e. The van der Waals surface area contributed by atoms with E-state index >= 15 is 0 Å². The smallest absolute Gasteiger partial charge is 0.130 e.